The number of aliphatic hydroxyl groups is 1. The third kappa shape index (κ3) is 1.57. The summed E-state index contributed by atoms with van der Waals surface area (Å²) in [6.07, 6.45) is 6.11. The van der Waals surface area contributed by atoms with Gasteiger partial charge in [-0.15, -0.1) is 0 Å². The lowest BCUT2D eigenvalue weighted by molar-refractivity contribution is -0.208. The minimum Gasteiger partial charge on any atom is -0.454 e. The molecule has 0 spiro atoms. The van der Waals surface area contributed by atoms with E-state index in [0.717, 1.165) is 29.6 Å². The molecule has 0 bridgehead atoms. The molecule has 4 rings (SSSR count). The number of methoxy groups -OCH3 is 1. The molecule has 2 atom stereocenters. The average Bonchev–Trinajstić information content (AvgIpc) is 2.93. The third-order valence-corrected chi connectivity index (χ3v) is 5.35. The van der Waals surface area contributed by atoms with Crippen molar-refractivity contribution in [3.8, 4) is 5.75 Å². The van der Waals surface area contributed by atoms with Gasteiger partial charge in [-0.05, 0) is 41.5 Å². The summed E-state index contributed by atoms with van der Waals surface area (Å²) in [5.74, 6) is -0.133. The van der Waals surface area contributed by atoms with E-state index in [4.69, 9.17) is 9.47 Å². The molecule has 0 saturated heterocycles. The van der Waals surface area contributed by atoms with Crippen LogP contribution in [-0.4, -0.2) is 18.0 Å². The first-order valence-electron chi connectivity index (χ1n) is 8.17. The van der Waals surface area contributed by atoms with Crippen molar-refractivity contribution in [2.45, 2.75) is 44.0 Å². The molecule has 3 aliphatic rings. The lowest BCUT2D eigenvalue weighted by Gasteiger charge is -2.34. The Morgan fingerprint density at radius 1 is 1.26 bits per heavy atom. The van der Waals surface area contributed by atoms with E-state index in [1.54, 1.807) is 7.11 Å². The molecule has 3 heteroatoms. The van der Waals surface area contributed by atoms with E-state index < -0.39 is 11.4 Å². The molecule has 0 amide bonds. The van der Waals surface area contributed by atoms with Crippen molar-refractivity contribution in [2.75, 3.05) is 7.11 Å². The lowest BCUT2D eigenvalue weighted by Crippen LogP contribution is -2.50. The van der Waals surface area contributed by atoms with Crippen LogP contribution in [0.3, 0.4) is 0 Å². The zero-order chi connectivity index (χ0) is 16.4. The van der Waals surface area contributed by atoms with Crippen LogP contribution >= 0.6 is 0 Å². The molecule has 1 aromatic rings. The van der Waals surface area contributed by atoms with Gasteiger partial charge in [-0.3, -0.25) is 0 Å². The standard InChI is InChI=1S/C20H22O3/c1-12(2)14-9-10-17-18(11-14)23-20(22-4)16-8-6-5-7-15(16)13(3)19(17,20)21/h7-12,21H,3,5-6H2,1-2,4H3. The van der Waals surface area contributed by atoms with Crippen molar-refractivity contribution in [2.24, 2.45) is 0 Å². The Kier molecular flexibility index (Phi) is 2.94. The number of hydrogen-bond acceptors (Lipinski definition) is 3. The van der Waals surface area contributed by atoms with Gasteiger partial charge in [0.2, 0.25) is 0 Å². The molecule has 23 heavy (non-hydrogen) atoms. The monoisotopic (exact) mass is 310 g/mol. The second-order valence-electron chi connectivity index (χ2n) is 6.83. The highest BCUT2D eigenvalue weighted by molar-refractivity contribution is 5.70. The second kappa shape index (κ2) is 4.59. The normalized spacial score (nSPS) is 31.3. The predicted molar refractivity (Wildman–Crippen MR) is 89.3 cm³/mol. The fourth-order valence-corrected chi connectivity index (χ4v) is 4.07. The largest absolute Gasteiger partial charge is 0.454 e. The van der Waals surface area contributed by atoms with E-state index in [9.17, 15) is 5.11 Å². The minimum absolute atomic E-state index is 0.394. The van der Waals surface area contributed by atoms with Gasteiger partial charge in [0, 0.05) is 18.2 Å². The Hall–Kier alpha value is -1.84. The fourth-order valence-electron chi connectivity index (χ4n) is 4.07. The van der Waals surface area contributed by atoms with Gasteiger partial charge in [0.05, 0.1) is 0 Å². The Bertz CT molecular complexity index is 771. The SMILES string of the molecule is C=C1C2=CCCC=C2C2(OC)Oc3cc(C(C)C)ccc3C12O. The van der Waals surface area contributed by atoms with Gasteiger partial charge in [0.15, 0.2) is 5.60 Å². The summed E-state index contributed by atoms with van der Waals surface area (Å²) < 4.78 is 12.1. The first-order valence-corrected chi connectivity index (χ1v) is 8.17. The molecule has 2 unspecified atom stereocenters. The highest BCUT2D eigenvalue weighted by atomic mass is 16.7. The molecule has 1 saturated carbocycles. The quantitative estimate of drug-likeness (QED) is 0.899. The molecule has 1 fully saturated rings. The van der Waals surface area contributed by atoms with Gasteiger partial charge >= 0.3 is 0 Å². The minimum atomic E-state index is -1.37. The summed E-state index contributed by atoms with van der Waals surface area (Å²) in [5, 5.41) is 11.6. The van der Waals surface area contributed by atoms with Gasteiger partial charge < -0.3 is 14.6 Å². The number of benzene rings is 1. The average molecular weight is 310 g/mol. The van der Waals surface area contributed by atoms with Crippen LogP contribution in [0.5, 0.6) is 5.75 Å². The molecule has 1 N–H and O–H groups in total. The topological polar surface area (TPSA) is 38.7 Å². The van der Waals surface area contributed by atoms with Crippen LogP contribution in [0.1, 0.15) is 43.7 Å². The number of hydrogen-bond donors (Lipinski definition) is 1. The summed E-state index contributed by atoms with van der Waals surface area (Å²) >= 11 is 0. The Morgan fingerprint density at radius 3 is 2.70 bits per heavy atom. The molecule has 120 valence electrons. The molecule has 1 heterocycles. The smallest absolute Gasteiger partial charge is 0.275 e. The first kappa shape index (κ1) is 14.7. The summed E-state index contributed by atoms with van der Waals surface area (Å²) in [6, 6.07) is 6.01. The molecule has 1 aromatic carbocycles. The van der Waals surface area contributed by atoms with Gasteiger partial charge in [-0.25, -0.2) is 0 Å². The third-order valence-electron chi connectivity index (χ3n) is 5.35. The van der Waals surface area contributed by atoms with Crippen LogP contribution in [0.25, 0.3) is 0 Å². The van der Waals surface area contributed by atoms with E-state index in [0.29, 0.717) is 17.2 Å². The summed E-state index contributed by atoms with van der Waals surface area (Å²) in [5.41, 5.74) is 3.10. The van der Waals surface area contributed by atoms with Gasteiger partial charge in [-0.2, -0.15) is 0 Å². The highest BCUT2D eigenvalue weighted by Gasteiger charge is 2.70. The van der Waals surface area contributed by atoms with Crippen molar-refractivity contribution >= 4 is 0 Å². The molecule has 0 radical (unpaired) electrons. The van der Waals surface area contributed by atoms with Gasteiger partial charge in [-0.1, -0.05) is 44.7 Å². The van der Waals surface area contributed by atoms with Crippen LogP contribution in [0.4, 0.5) is 0 Å². The maximum absolute atomic E-state index is 11.6. The van der Waals surface area contributed by atoms with Gasteiger partial charge in [0.1, 0.15) is 5.75 Å². The van der Waals surface area contributed by atoms with E-state index in [-0.39, 0.29) is 0 Å². The van der Waals surface area contributed by atoms with Gasteiger partial charge in [0.25, 0.3) is 5.79 Å². The number of fused-ring (bicyclic) bond motifs is 5. The predicted octanol–water partition coefficient (Wildman–Crippen LogP) is 3.95. The maximum Gasteiger partial charge on any atom is 0.275 e. The first-order chi connectivity index (χ1) is 11.0. The van der Waals surface area contributed by atoms with Crippen molar-refractivity contribution in [3.05, 3.63) is 64.8 Å². The van der Waals surface area contributed by atoms with Crippen molar-refractivity contribution < 1.29 is 14.6 Å². The molecular weight excluding hydrogens is 288 g/mol. The number of rotatable bonds is 2. The van der Waals surface area contributed by atoms with Crippen LogP contribution in [0.15, 0.2) is 53.6 Å². The molecule has 1 aliphatic heterocycles. The maximum atomic E-state index is 11.6. The van der Waals surface area contributed by atoms with Crippen LogP contribution in [0, 0.1) is 0 Å². The van der Waals surface area contributed by atoms with E-state index in [1.807, 2.05) is 12.1 Å². The van der Waals surface area contributed by atoms with E-state index in [2.05, 4.69) is 38.6 Å². The Labute approximate surface area is 136 Å². The fraction of sp³-hybridized carbons (Fsp3) is 0.400. The summed E-state index contributed by atoms with van der Waals surface area (Å²) in [7, 11) is 1.59. The Morgan fingerprint density at radius 2 is 2.00 bits per heavy atom. The summed E-state index contributed by atoms with van der Waals surface area (Å²) in [6.45, 7) is 8.46. The summed E-state index contributed by atoms with van der Waals surface area (Å²) in [4.78, 5) is 0. The van der Waals surface area contributed by atoms with Crippen LogP contribution in [-0.2, 0) is 10.3 Å². The lowest BCUT2D eigenvalue weighted by atomic mass is 9.85. The van der Waals surface area contributed by atoms with Crippen LogP contribution < -0.4 is 4.74 Å². The van der Waals surface area contributed by atoms with Crippen LogP contribution in [0.2, 0.25) is 0 Å². The highest BCUT2D eigenvalue weighted by Crippen LogP contribution is 2.64. The van der Waals surface area contributed by atoms with E-state index >= 15 is 0 Å². The zero-order valence-electron chi connectivity index (χ0n) is 13.8. The number of allylic oxidation sites excluding steroid dienone is 2. The van der Waals surface area contributed by atoms with Crippen molar-refractivity contribution in [1.29, 1.82) is 0 Å². The molecular formula is C20H22O3. The van der Waals surface area contributed by atoms with E-state index in [1.165, 1.54) is 5.56 Å². The van der Waals surface area contributed by atoms with Crippen molar-refractivity contribution in [1.82, 2.24) is 0 Å². The molecule has 3 nitrogen and oxygen atoms in total. The number of ether oxygens (including phenoxy) is 2. The molecule has 2 aliphatic carbocycles. The zero-order valence-corrected chi connectivity index (χ0v) is 13.8. The molecule has 0 aromatic heterocycles. The Balaban J connectivity index is 1.97. The van der Waals surface area contributed by atoms with Crippen molar-refractivity contribution in [3.63, 3.8) is 0 Å². The second-order valence-corrected chi connectivity index (χ2v) is 6.83.